The summed E-state index contributed by atoms with van der Waals surface area (Å²) < 4.78 is 21.9. The highest BCUT2D eigenvalue weighted by Crippen LogP contribution is 2.54. The lowest BCUT2D eigenvalue weighted by atomic mass is 10.1. The fraction of sp³-hybridized carbons (Fsp3) is 0.0435. The molecule has 0 radical (unpaired) electrons. The van der Waals surface area contributed by atoms with E-state index in [-0.39, 0.29) is 23.1 Å². The van der Waals surface area contributed by atoms with Gasteiger partial charge < -0.3 is 29.2 Å². The Kier molecular flexibility index (Phi) is 9.14. The molecule has 12 heteroatoms. The molecule has 2 heterocycles. The fourth-order valence-corrected chi connectivity index (χ4v) is 9.50. The monoisotopic (exact) mass is 804 g/mol. The number of rotatable bonds is 4. The van der Waals surface area contributed by atoms with Crippen molar-refractivity contribution in [2.75, 3.05) is 14.2 Å². The van der Waals surface area contributed by atoms with Gasteiger partial charge in [-0.15, -0.1) is 0 Å². The normalized spacial score (nSPS) is 12.2. The predicted molar refractivity (Wildman–Crippen MR) is 221 cm³/mol. The van der Waals surface area contributed by atoms with E-state index in [4.69, 9.17) is 18.9 Å². The van der Waals surface area contributed by atoms with Gasteiger partial charge in [0.15, 0.2) is 0 Å². The molecule has 2 N–H and O–H groups in total. The summed E-state index contributed by atoms with van der Waals surface area (Å²) in [5.74, 6) is 0.326. The Morgan fingerprint density at radius 3 is 0.966 bits per heavy atom. The summed E-state index contributed by atoms with van der Waals surface area (Å²) in [6.07, 6.45) is 0. The summed E-state index contributed by atoms with van der Waals surface area (Å²) in [5.41, 5.74) is 1.49. The lowest BCUT2D eigenvalue weighted by Crippen LogP contribution is -2.02. The zero-order valence-corrected chi connectivity index (χ0v) is 32.2. The molecule has 2 aliphatic heterocycles. The van der Waals surface area contributed by atoms with Crippen molar-refractivity contribution < 1.29 is 48.3 Å². The largest absolute Gasteiger partial charge is 0.478 e. The van der Waals surface area contributed by atoms with Crippen LogP contribution in [-0.4, -0.2) is 48.3 Å². The van der Waals surface area contributed by atoms with Crippen molar-refractivity contribution in [2.24, 2.45) is 0 Å². The number of carbonyl (C=O) groups is 4. The molecule has 2 aliphatic rings. The Bertz CT molecular complexity index is 2900. The third kappa shape index (κ3) is 6.38. The van der Waals surface area contributed by atoms with Crippen LogP contribution in [0.3, 0.4) is 0 Å². The molecule has 8 aromatic carbocycles. The average molecular weight is 805 g/mol. The van der Waals surface area contributed by atoms with E-state index < -0.39 is 11.9 Å². The fourth-order valence-electron chi connectivity index (χ4n) is 7.06. The van der Waals surface area contributed by atoms with Crippen molar-refractivity contribution in [3.05, 3.63) is 144 Å². The molecule has 0 aliphatic carbocycles. The van der Waals surface area contributed by atoms with E-state index in [2.05, 4.69) is 0 Å². The van der Waals surface area contributed by atoms with Gasteiger partial charge in [-0.2, -0.15) is 0 Å². The van der Waals surface area contributed by atoms with Crippen LogP contribution in [0.2, 0.25) is 0 Å². The number of carboxylic acid groups (broad SMARTS) is 2. The van der Waals surface area contributed by atoms with Gasteiger partial charge in [-0.05, 0) is 116 Å². The number of ether oxygens (including phenoxy) is 4. The maximum absolute atomic E-state index is 11.9. The van der Waals surface area contributed by atoms with Crippen LogP contribution in [-0.2, 0) is 9.47 Å². The maximum Gasteiger partial charge on any atom is 0.337 e. The molecule has 0 fully saturated rings. The molecule has 58 heavy (non-hydrogen) atoms. The zero-order valence-electron chi connectivity index (χ0n) is 30.5. The maximum atomic E-state index is 11.9. The molecule has 10 nitrogen and oxygen atoms in total. The van der Waals surface area contributed by atoms with Gasteiger partial charge in [-0.1, -0.05) is 72.1 Å². The summed E-state index contributed by atoms with van der Waals surface area (Å²) in [4.78, 5) is 50.0. The Hall–Kier alpha value is -7.02. The van der Waals surface area contributed by atoms with Crippen LogP contribution in [0.5, 0.6) is 23.0 Å². The molecule has 284 valence electrons. The second-order valence-electron chi connectivity index (χ2n) is 13.3. The first-order valence-corrected chi connectivity index (χ1v) is 19.3. The minimum atomic E-state index is -0.964. The van der Waals surface area contributed by atoms with Crippen molar-refractivity contribution in [2.45, 2.75) is 19.6 Å². The lowest BCUT2D eigenvalue weighted by Gasteiger charge is -2.22. The van der Waals surface area contributed by atoms with Crippen LogP contribution < -0.4 is 9.47 Å². The van der Waals surface area contributed by atoms with Gasteiger partial charge in [0.25, 0.3) is 0 Å². The summed E-state index contributed by atoms with van der Waals surface area (Å²) in [6, 6.07) is 36.2. The molecule has 8 aromatic rings. The third-order valence-electron chi connectivity index (χ3n) is 9.92. The standard InChI is InChI=1S/C24H16O5S.C22H12O5S/c1-27-23(25)15-3-7-17-13(11-15)5-9-19-21(17)30-22-18-8-4-16(24(26)28-2)12-14(18)6-10-20(22)29-19;23-21(24)13-1-5-15-11(9-13)3-7-17-19(15)28-20-16-6-2-14(22(25)26)10-12(16)4-8-18(20)27-17/h3-12H,1-2H3;1-10H,(H,23,24)(H,25,26). The van der Waals surface area contributed by atoms with Crippen molar-refractivity contribution >= 4 is 90.5 Å². The molecular weight excluding hydrogens is 777 g/mol. The third-order valence-corrected chi connectivity index (χ3v) is 12.4. The van der Waals surface area contributed by atoms with E-state index in [1.54, 1.807) is 72.1 Å². The van der Waals surface area contributed by atoms with Crippen LogP contribution in [0.25, 0.3) is 43.1 Å². The van der Waals surface area contributed by atoms with Gasteiger partial charge in [0.1, 0.15) is 23.0 Å². The van der Waals surface area contributed by atoms with Gasteiger partial charge in [0.05, 0.1) is 56.1 Å². The smallest absolute Gasteiger partial charge is 0.337 e. The van der Waals surface area contributed by atoms with E-state index in [1.165, 1.54) is 14.2 Å². The van der Waals surface area contributed by atoms with Crippen LogP contribution in [0, 0.1) is 0 Å². The summed E-state index contributed by atoms with van der Waals surface area (Å²) in [5, 5.41) is 25.8. The van der Waals surface area contributed by atoms with E-state index in [1.807, 2.05) is 72.8 Å². The SMILES string of the molecule is COC(=O)c1ccc2c3c(ccc2c1)Oc1ccc2cc(C(=O)OC)ccc2c1S3.O=C(O)c1ccc2c3c(ccc2c1)Oc1ccc2cc(C(=O)O)ccc2c1S3. The molecule has 0 amide bonds. The minimum absolute atomic E-state index is 0.237. The summed E-state index contributed by atoms with van der Waals surface area (Å²) in [6.45, 7) is 0. The highest BCUT2D eigenvalue weighted by molar-refractivity contribution is 8.00. The minimum Gasteiger partial charge on any atom is -0.478 e. The van der Waals surface area contributed by atoms with Crippen LogP contribution in [0.1, 0.15) is 41.4 Å². The van der Waals surface area contributed by atoms with Crippen molar-refractivity contribution in [3.63, 3.8) is 0 Å². The zero-order chi connectivity index (χ0) is 40.2. The van der Waals surface area contributed by atoms with Gasteiger partial charge in [-0.25, -0.2) is 19.2 Å². The number of hydrogen-bond donors (Lipinski definition) is 2. The first-order valence-electron chi connectivity index (χ1n) is 17.7. The number of carboxylic acids is 2. The average Bonchev–Trinajstić information content (AvgIpc) is 3.26. The Morgan fingerprint density at radius 1 is 0.414 bits per heavy atom. The first-order chi connectivity index (χ1) is 28.1. The van der Waals surface area contributed by atoms with Crippen molar-refractivity contribution in [1.29, 1.82) is 0 Å². The molecule has 0 saturated heterocycles. The lowest BCUT2D eigenvalue weighted by molar-refractivity contribution is 0.0592. The van der Waals surface area contributed by atoms with E-state index in [0.29, 0.717) is 11.1 Å². The van der Waals surface area contributed by atoms with Crippen LogP contribution >= 0.6 is 23.5 Å². The second-order valence-corrected chi connectivity index (χ2v) is 15.4. The summed E-state index contributed by atoms with van der Waals surface area (Å²) >= 11 is 3.17. The van der Waals surface area contributed by atoms with Crippen molar-refractivity contribution in [3.8, 4) is 23.0 Å². The van der Waals surface area contributed by atoms with E-state index in [0.717, 1.165) is 85.7 Å². The summed E-state index contributed by atoms with van der Waals surface area (Å²) in [7, 11) is 2.74. The van der Waals surface area contributed by atoms with Crippen LogP contribution in [0.15, 0.2) is 141 Å². The van der Waals surface area contributed by atoms with E-state index >= 15 is 0 Å². The first kappa shape index (κ1) is 36.6. The molecule has 0 bridgehead atoms. The van der Waals surface area contributed by atoms with Gasteiger partial charge in [0.2, 0.25) is 0 Å². The molecule has 0 spiro atoms. The van der Waals surface area contributed by atoms with Crippen LogP contribution in [0.4, 0.5) is 0 Å². The Balaban J connectivity index is 0.000000151. The molecule has 0 saturated carbocycles. The predicted octanol–water partition coefficient (Wildman–Crippen LogP) is 11.5. The molecule has 0 aromatic heterocycles. The van der Waals surface area contributed by atoms with Gasteiger partial charge in [0, 0.05) is 0 Å². The van der Waals surface area contributed by atoms with E-state index in [9.17, 15) is 29.4 Å². The number of carbonyl (C=O) groups excluding carboxylic acids is 2. The van der Waals surface area contributed by atoms with Gasteiger partial charge in [-0.3, -0.25) is 0 Å². The van der Waals surface area contributed by atoms with Gasteiger partial charge >= 0.3 is 23.9 Å². The quantitative estimate of drug-likeness (QED) is 0.163. The number of benzene rings is 8. The number of aromatic carboxylic acids is 2. The number of hydrogen-bond acceptors (Lipinski definition) is 10. The number of fused-ring (bicyclic) bond motifs is 12. The second kappa shape index (κ2) is 14.5. The molecule has 10 rings (SSSR count). The number of esters is 2. The number of methoxy groups -OCH3 is 2. The molecule has 0 atom stereocenters. The molecule has 0 unspecified atom stereocenters. The Morgan fingerprint density at radius 2 is 0.690 bits per heavy atom. The highest BCUT2D eigenvalue weighted by Gasteiger charge is 2.25. The highest BCUT2D eigenvalue weighted by atomic mass is 32.2. The van der Waals surface area contributed by atoms with Crippen molar-refractivity contribution in [1.82, 2.24) is 0 Å². The molecular formula is C46H28O10S2. The topological polar surface area (TPSA) is 146 Å². The Labute approximate surface area is 337 Å².